The number of rotatable bonds is 4. The van der Waals surface area contributed by atoms with Gasteiger partial charge in [0.15, 0.2) is 0 Å². The number of thiophene rings is 1. The summed E-state index contributed by atoms with van der Waals surface area (Å²) in [4.78, 5) is 7.02. The van der Waals surface area contributed by atoms with E-state index in [-0.39, 0.29) is 0 Å². The highest BCUT2D eigenvalue weighted by Crippen LogP contribution is 2.35. The second-order valence-electron chi connectivity index (χ2n) is 4.91. The lowest BCUT2D eigenvalue weighted by molar-refractivity contribution is 0.565. The van der Waals surface area contributed by atoms with E-state index in [1.807, 2.05) is 17.5 Å². The molecule has 104 valence electrons. The molecule has 0 amide bonds. The van der Waals surface area contributed by atoms with Crippen molar-refractivity contribution in [2.45, 2.75) is 26.7 Å². The van der Waals surface area contributed by atoms with Crippen molar-refractivity contribution in [3.05, 3.63) is 27.8 Å². The molecule has 3 aromatic rings. The van der Waals surface area contributed by atoms with Crippen LogP contribution in [-0.2, 0) is 6.42 Å². The summed E-state index contributed by atoms with van der Waals surface area (Å²) in [7, 11) is 0. The van der Waals surface area contributed by atoms with Gasteiger partial charge in [-0.3, -0.25) is 0 Å². The van der Waals surface area contributed by atoms with Crippen LogP contribution >= 0.6 is 39.0 Å². The second kappa shape index (κ2) is 5.87. The Morgan fingerprint density at radius 1 is 1.25 bits per heavy atom. The number of pyridine rings is 1. The Kier molecular flexibility index (Phi) is 4.14. The number of hydrogen-bond donors (Lipinski definition) is 0. The molecule has 0 aliphatic rings. The Bertz CT molecular complexity index is 735. The Labute approximate surface area is 134 Å². The monoisotopic (exact) mass is 367 g/mol. The van der Waals surface area contributed by atoms with Crippen LogP contribution in [0.15, 0.2) is 22.9 Å². The van der Waals surface area contributed by atoms with Crippen LogP contribution in [-0.4, -0.2) is 13.7 Å². The highest BCUT2D eigenvalue weighted by Gasteiger charge is 2.14. The molecule has 0 aliphatic carbocycles. The van der Waals surface area contributed by atoms with E-state index in [1.54, 1.807) is 0 Å². The summed E-state index contributed by atoms with van der Waals surface area (Å²) in [5, 5.41) is 0. The Morgan fingerprint density at radius 2 is 2.05 bits per heavy atom. The van der Waals surface area contributed by atoms with Crippen LogP contribution in [0, 0.1) is 5.92 Å². The molecule has 0 aliphatic heterocycles. The molecule has 0 radical (unpaired) electrons. The molecule has 0 aromatic carbocycles. The fourth-order valence-corrected chi connectivity index (χ4v) is 4.28. The van der Waals surface area contributed by atoms with Gasteiger partial charge in [0.2, 0.25) is 0 Å². The maximum absolute atomic E-state index is 4.41. The van der Waals surface area contributed by atoms with Crippen LogP contribution in [0.5, 0.6) is 0 Å². The average Bonchev–Trinajstić information content (AvgIpc) is 3.08. The largest absolute Gasteiger partial charge is 0.246 e. The highest BCUT2D eigenvalue weighted by molar-refractivity contribution is 9.10. The summed E-state index contributed by atoms with van der Waals surface area (Å²) in [6.07, 6.45) is 4.24. The normalized spacial score (nSPS) is 12.9. The minimum Gasteiger partial charge on any atom is -0.246 e. The summed E-state index contributed by atoms with van der Waals surface area (Å²) in [6, 6.07) is 4.39. The molecule has 3 heterocycles. The van der Waals surface area contributed by atoms with Crippen molar-refractivity contribution in [3.8, 4) is 10.4 Å². The lowest BCUT2D eigenvalue weighted by Gasteiger charge is -2.05. The molecule has 0 bridgehead atoms. The molecule has 3 nitrogen and oxygen atoms in total. The van der Waals surface area contributed by atoms with Crippen molar-refractivity contribution in [3.63, 3.8) is 0 Å². The number of aromatic nitrogens is 3. The van der Waals surface area contributed by atoms with Gasteiger partial charge in [-0.25, -0.2) is 4.98 Å². The third kappa shape index (κ3) is 2.64. The van der Waals surface area contributed by atoms with E-state index in [4.69, 9.17) is 0 Å². The molecular weight excluding hydrogens is 354 g/mol. The van der Waals surface area contributed by atoms with Crippen LogP contribution in [0.1, 0.15) is 25.1 Å². The van der Waals surface area contributed by atoms with Crippen molar-refractivity contribution < 1.29 is 0 Å². The molecule has 20 heavy (non-hydrogen) atoms. The van der Waals surface area contributed by atoms with Crippen molar-refractivity contribution >= 4 is 50.0 Å². The molecule has 1 unspecified atom stereocenters. The van der Waals surface area contributed by atoms with Crippen LogP contribution in [0.4, 0.5) is 0 Å². The number of nitrogens with zero attached hydrogens (tertiary/aromatic N) is 3. The van der Waals surface area contributed by atoms with Gasteiger partial charge in [-0.2, -0.15) is 8.75 Å². The van der Waals surface area contributed by atoms with Crippen LogP contribution in [0.3, 0.4) is 0 Å². The molecule has 0 N–H and O–H groups in total. The molecule has 3 rings (SSSR count). The Hall–Kier alpha value is -0.850. The van der Waals surface area contributed by atoms with Crippen LogP contribution in [0.2, 0.25) is 0 Å². The zero-order valence-electron chi connectivity index (χ0n) is 11.3. The number of fused-ring (bicyclic) bond motifs is 1. The fourth-order valence-electron chi connectivity index (χ4n) is 2.04. The summed E-state index contributed by atoms with van der Waals surface area (Å²) >= 11 is 6.49. The molecule has 0 saturated heterocycles. The van der Waals surface area contributed by atoms with E-state index in [2.05, 4.69) is 55.6 Å². The van der Waals surface area contributed by atoms with Crippen molar-refractivity contribution in [1.29, 1.82) is 0 Å². The van der Waals surface area contributed by atoms with Crippen molar-refractivity contribution in [2.75, 3.05) is 0 Å². The first-order valence-electron chi connectivity index (χ1n) is 6.55. The van der Waals surface area contributed by atoms with E-state index in [1.165, 1.54) is 27.9 Å². The molecule has 6 heteroatoms. The van der Waals surface area contributed by atoms with Gasteiger partial charge in [-0.05, 0) is 40.4 Å². The average molecular weight is 368 g/mol. The molecular formula is C14H14BrN3S2. The van der Waals surface area contributed by atoms with E-state index in [0.717, 1.165) is 33.5 Å². The van der Waals surface area contributed by atoms with E-state index in [9.17, 15) is 0 Å². The minimum atomic E-state index is 0.727. The first-order valence-corrected chi connectivity index (χ1v) is 8.89. The third-order valence-corrected chi connectivity index (χ3v) is 5.67. The SMILES string of the molecule is CCC(C)Cc1ccc(-c2cnc(Br)c3nsnc23)s1. The molecule has 0 spiro atoms. The smallest absolute Gasteiger partial charge is 0.138 e. The molecule has 3 aromatic heterocycles. The molecule has 1 atom stereocenters. The summed E-state index contributed by atoms with van der Waals surface area (Å²) in [5.41, 5.74) is 2.87. The van der Waals surface area contributed by atoms with E-state index < -0.39 is 0 Å². The second-order valence-corrected chi connectivity index (χ2v) is 7.36. The summed E-state index contributed by atoms with van der Waals surface area (Å²) in [5.74, 6) is 0.727. The van der Waals surface area contributed by atoms with Crippen LogP contribution in [0.25, 0.3) is 21.5 Å². The Balaban J connectivity index is 1.99. The summed E-state index contributed by atoms with van der Waals surface area (Å²) < 4.78 is 9.47. The van der Waals surface area contributed by atoms with E-state index in [0.29, 0.717) is 0 Å². The number of halogens is 1. The minimum absolute atomic E-state index is 0.727. The van der Waals surface area contributed by atoms with Gasteiger partial charge in [0, 0.05) is 21.5 Å². The zero-order valence-corrected chi connectivity index (χ0v) is 14.5. The van der Waals surface area contributed by atoms with Gasteiger partial charge >= 0.3 is 0 Å². The first kappa shape index (κ1) is 14.1. The Morgan fingerprint density at radius 3 is 2.85 bits per heavy atom. The standard InChI is InChI=1S/C14H14BrN3S2/c1-3-8(2)6-9-4-5-11(19-9)10-7-16-14(15)13-12(10)17-20-18-13/h4-5,7-8H,3,6H2,1-2H3. The molecule has 0 saturated carbocycles. The maximum atomic E-state index is 4.41. The topological polar surface area (TPSA) is 38.7 Å². The molecule has 0 fully saturated rings. The summed E-state index contributed by atoms with van der Waals surface area (Å²) in [6.45, 7) is 4.53. The van der Waals surface area contributed by atoms with Crippen molar-refractivity contribution in [1.82, 2.24) is 13.7 Å². The third-order valence-electron chi connectivity index (χ3n) is 3.42. The van der Waals surface area contributed by atoms with Gasteiger partial charge in [-0.15, -0.1) is 11.3 Å². The lowest BCUT2D eigenvalue weighted by Crippen LogP contribution is -1.94. The quantitative estimate of drug-likeness (QED) is 0.597. The maximum Gasteiger partial charge on any atom is 0.138 e. The highest BCUT2D eigenvalue weighted by atomic mass is 79.9. The predicted octanol–water partition coefficient (Wildman–Crippen LogP) is 5.17. The first-order chi connectivity index (χ1) is 9.69. The van der Waals surface area contributed by atoms with Gasteiger partial charge < -0.3 is 0 Å². The van der Waals surface area contributed by atoms with Crippen molar-refractivity contribution in [2.24, 2.45) is 5.92 Å². The zero-order chi connectivity index (χ0) is 14.1. The van der Waals surface area contributed by atoms with Gasteiger partial charge in [0.1, 0.15) is 15.6 Å². The van der Waals surface area contributed by atoms with Crippen LogP contribution < -0.4 is 0 Å². The van der Waals surface area contributed by atoms with Gasteiger partial charge in [-0.1, -0.05) is 20.3 Å². The number of hydrogen-bond acceptors (Lipinski definition) is 5. The van der Waals surface area contributed by atoms with Gasteiger partial charge in [0.05, 0.1) is 11.7 Å². The predicted molar refractivity (Wildman–Crippen MR) is 89.4 cm³/mol. The van der Waals surface area contributed by atoms with E-state index >= 15 is 0 Å². The van der Waals surface area contributed by atoms with Gasteiger partial charge in [0.25, 0.3) is 0 Å². The fraction of sp³-hybridized carbons (Fsp3) is 0.357. The lowest BCUT2D eigenvalue weighted by atomic mass is 10.0.